The summed E-state index contributed by atoms with van der Waals surface area (Å²) in [6.45, 7) is 15.0. The topological polar surface area (TPSA) is 99.2 Å². The number of amides is 2. The van der Waals surface area contributed by atoms with Crippen molar-refractivity contribution in [2.75, 3.05) is 23.7 Å². The molecule has 222 valence electrons. The second-order valence-electron chi connectivity index (χ2n) is 10.7. The van der Waals surface area contributed by atoms with E-state index in [9.17, 15) is 14.0 Å². The van der Waals surface area contributed by atoms with Crippen LogP contribution in [-0.2, 0) is 9.59 Å². The Hall–Kier alpha value is -4.29. The molecule has 9 heteroatoms. The molecule has 4 rings (SSSR count). The van der Waals surface area contributed by atoms with Crippen LogP contribution in [0.25, 0.3) is 5.57 Å². The highest BCUT2D eigenvalue weighted by atomic mass is 19.1. The van der Waals surface area contributed by atoms with Crippen LogP contribution in [0, 0.1) is 25.1 Å². The number of nitrogens with one attached hydrogen (secondary N) is 3. The van der Waals surface area contributed by atoms with Crippen LogP contribution in [0.4, 0.5) is 21.7 Å². The minimum absolute atomic E-state index is 0.0472. The fourth-order valence-electron chi connectivity index (χ4n) is 4.83. The number of terminal acetylenes is 1. The van der Waals surface area contributed by atoms with Crippen molar-refractivity contribution < 1.29 is 14.0 Å². The largest absolute Gasteiger partial charge is 0.340 e. The molecule has 1 fully saturated rings. The van der Waals surface area contributed by atoms with E-state index in [0.717, 1.165) is 23.1 Å². The molecule has 0 spiro atoms. The number of nitrogens with zero attached hydrogens (tertiary/aromatic N) is 3. The molecule has 2 unspecified atom stereocenters. The Morgan fingerprint density at radius 2 is 1.86 bits per heavy atom. The third-order valence-electron chi connectivity index (χ3n) is 7.09. The molecule has 0 radical (unpaired) electrons. The highest BCUT2D eigenvalue weighted by Crippen LogP contribution is 2.37. The molecule has 2 aliphatic rings. The first-order chi connectivity index (χ1) is 20.0. The Morgan fingerprint density at radius 3 is 2.45 bits per heavy atom. The molecule has 0 aliphatic carbocycles. The highest BCUT2D eigenvalue weighted by Gasteiger charge is 2.30. The molecule has 2 atom stereocenters. The van der Waals surface area contributed by atoms with Gasteiger partial charge in [-0.15, -0.1) is 12.3 Å². The summed E-state index contributed by atoms with van der Waals surface area (Å²) in [5.74, 6) is 2.75. The van der Waals surface area contributed by atoms with Gasteiger partial charge < -0.3 is 20.9 Å². The minimum atomic E-state index is -0.295. The molecule has 0 bridgehead atoms. The zero-order valence-corrected chi connectivity index (χ0v) is 25.6. The summed E-state index contributed by atoms with van der Waals surface area (Å²) in [4.78, 5) is 36.7. The standard InChI is InChI=1S/C29H35FN6O2.C4H6/c1-7-21(29(38)36-13-19(5)33-20(6)14-36)10-16(2)17(3)12-23-25-26(31-15-32-27(25)35-28(23)37)34-22-8-9-24(30)18(4)11-22;1-3-4-2/h8-12,15,19-20,33H,7,13-14H2,1-6H3,(H2,31,32,34,35,37);1H,4H2,2H3/b17-16+,21-10+,23-12-;. The number of carbonyl (C=O) groups excluding carboxylic acids is 2. The molecule has 1 aromatic carbocycles. The molecule has 1 saturated heterocycles. The first-order valence-electron chi connectivity index (χ1n) is 14.3. The van der Waals surface area contributed by atoms with Gasteiger partial charge in [0.1, 0.15) is 23.8 Å². The lowest BCUT2D eigenvalue weighted by Gasteiger charge is -2.36. The second kappa shape index (κ2) is 14.6. The first-order valence-corrected chi connectivity index (χ1v) is 14.3. The average molecular weight is 573 g/mol. The molecule has 2 aliphatic heterocycles. The molecule has 42 heavy (non-hydrogen) atoms. The molecule has 8 nitrogen and oxygen atoms in total. The van der Waals surface area contributed by atoms with Gasteiger partial charge in [0.25, 0.3) is 5.91 Å². The number of fused-ring (bicyclic) bond motifs is 1. The van der Waals surface area contributed by atoms with Crippen LogP contribution in [0.3, 0.4) is 0 Å². The van der Waals surface area contributed by atoms with Gasteiger partial charge >= 0.3 is 0 Å². The van der Waals surface area contributed by atoms with Crippen LogP contribution in [0.2, 0.25) is 0 Å². The van der Waals surface area contributed by atoms with E-state index in [0.29, 0.717) is 53.5 Å². The van der Waals surface area contributed by atoms with Gasteiger partial charge in [-0.25, -0.2) is 14.4 Å². The maximum Gasteiger partial charge on any atom is 0.257 e. The number of carbonyl (C=O) groups is 2. The number of aromatic nitrogens is 2. The van der Waals surface area contributed by atoms with Crippen LogP contribution in [-0.4, -0.2) is 51.9 Å². The smallest absolute Gasteiger partial charge is 0.257 e. The lowest BCUT2D eigenvalue weighted by molar-refractivity contribution is -0.129. The molecule has 2 aromatic rings. The van der Waals surface area contributed by atoms with Gasteiger partial charge in [-0.05, 0) is 82.0 Å². The summed E-state index contributed by atoms with van der Waals surface area (Å²) >= 11 is 0. The van der Waals surface area contributed by atoms with E-state index in [1.165, 1.54) is 12.4 Å². The first kappa shape index (κ1) is 32.2. The van der Waals surface area contributed by atoms with Crippen molar-refractivity contribution in [1.82, 2.24) is 20.2 Å². The van der Waals surface area contributed by atoms with Gasteiger partial charge in [0, 0.05) is 42.9 Å². The highest BCUT2D eigenvalue weighted by molar-refractivity contribution is 6.32. The molecule has 3 heterocycles. The predicted octanol–water partition coefficient (Wildman–Crippen LogP) is 5.91. The van der Waals surface area contributed by atoms with E-state index in [4.69, 9.17) is 6.42 Å². The maximum atomic E-state index is 13.7. The van der Waals surface area contributed by atoms with Gasteiger partial charge in [-0.3, -0.25) is 9.59 Å². The van der Waals surface area contributed by atoms with E-state index < -0.39 is 0 Å². The van der Waals surface area contributed by atoms with Gasteiger partial charge in [0.2, 0.25) is 5.91 Å². The van der Waals surface area contributed by atoms with E-state index in [1.54, 1.807) is 25.1 Å². The molecular formula is C33H41FN6O2. The number of rotatable bonds is 6. The fraction of sp³-hybridized carbons (Fsp3) is 0.394. The SMILES string of the molecule is C#CCC.CC\C(=C/C(C)=C(C)/C=C1\C(=O)Nc2ncnc(Nc3ccc(F)c(C)c3)c21)C(=O)N1CC(C)NC(C)C1. The second-order valence-corrected chi connectivity index (χ2v) is 10.7. The monoisotopic (exact) mass is 572 g/mol. The summed E-state index contributed by atoms with van der Waals surface area (Å²) < 4.78 is 13.7. The summed E-state index contributed by atoms with van der Waals surface area (Å²) in [6, 6.07) is 5.17. The molecule has 1 aromatic heterocycles. The van der Waals surface area contributed by atoms with E-state index in [-0.39, 0.29) is 29.7 Å². The summed E-state index contributed by atoms with van der Waals surface area (Å²) in [5, 5.41) is 9.44. The number of hydrogen-bond donors (Lipinski definition) is 3. The Kier molecular flexibility index (Phi) is 11.2. The fourth-order valence-corrected chi connectivity index (χ4v) is 4.83. The van der Waals surface area contributed by atoms with Crippen molar-refractivity contribution in [3.8, 4) is 12.3 Å². The van der Waals surface area contributed by atoms with E-state index in [2.05, 4.69) is 45.7 Å². The third-order valence-corrected chi connectivity index (χ3v) is 7.09. The summed E-state index contributed by atoms with van der Waals surface area (Å²) in [6.07, 6.45) is 11.3. The molecule has 0 saturated carbocycles. The molecule has 2 amide bonds. The van der Waals surface area contributed by atoms with Crippen LogP contribution < -0.4 is 16.0 Å². The van der Waals surface area contributed by atoms with Gasteiger partial charge in [0.15, 0.2) is 0 Å². The van der Waals surface area contributed by atoms with Crippen molar-refractivity contribution in [3.63, 3.8) is 0 Å². The lowest BCUT2D eigenvalue weighted by Crippen LogP contribution is -2.56. The van der Waals surface area contributed by atoms with Crippen molar-refractivity contribution >= 4 is 34.7 Å². The van der Waals surface area contributed by atoms with Crippen molar-refractivity contribution in [2.45, 2.75) is 73.4 Å². The number of hydrogen-bond acceptors (Lipinski definition) is 6. The minimum Gasteiger partial charge on any atom is -0.340 e. The Labute approximate surface area is 248 Å². The number of piperazine rings is 1. The normalized spacial score (nSPS) is 19.7. The van der Waals surface area contributed by atoms with Gasteiger partial charge in [-0.1, -0.05) is 19.9 Å². The van der Waals surface area contributed by atoms with Crippen LogP contribution in [0.5, 0.6) is 0 Å². The summed E-state index contributed by atoms with van der Waals surface area (Å²) in [5.41, 5.74) is 4.58. The Morgan fingerprint density at radius 1 is 1.19 bits per heavy atom. The number of benzene rings is 1. The molecule has 3 N–H and O–H groups in total. The van der Waals surface area contributed by atoms with Crippen molar-refractivity contribution in [2.24, 2.45) is 0 Å². The van der Waals surface area contributed by atoms with Crippen molar-refractivity contribution in [3.05, 3.63) is 70.3 Å². The van der Waals surface area contributed by atoms with Gasteiger partial charge in [0.05, 0.1) is 11.1 Å². The van der Waals surface area contributed by atoms with E-state index in [1.807, 2.05) is 38.7 Å². The maximum absolute atomic E-state index is 13.7. The summed E-state index contributed by atoms with van der Waals surface area (Å²) in [7, 11) is 0. The zero-order valence-electron chi connectivity index (χ0n) is 25.6. The number of aryl methyl sites for hydroxylation is 1. The Balaban J connectivity index is 0.00000114. The quantitative estimate of drug-likeness (QED) is 0.226. The lowest BCUT2D eigenvalue weighted by atomic mass is 10.0. The number of allylic oxidation sites excluding steroid dienone is 4. The predicted molar refractivity (Wildman–Crippen MR) is 168 cm³/mol. The third kappa shape index (κ3) is 7.92. The number of anilines is 3. The van der Waals surface area contributed by atoms with Crippen LogP contribution in [0.15, 0.2) is 53.4 Å². The van der Waals surface area contributed by atoms with E-state index >= 15 is 0 Å². The average Bonchev–Trinajstić information content (AvgIpc) is 3.28. The molecular weight excluding hydrogens is 531 g/mol. The Bertz CT molecular complexity index is 1460. The number of halogens is 1. The zero-order chi connectivity index (χ0) is 31.0. The van der Waals surface area contributed by atoms with Crippen LogP contribution >= 0.6 is 0 Å². The van der Waals surface area contributed by atoms with Crippen LogP contribution in [0.1, 0.15) is 65.5 Å². The van der Waals surface area contributed by atoms with Crippen molar-refractivity contribution in [1.29, 1.82) is 0 Å². The van der Waals surface area contributed by atoms with Gasteiger partial charge in [-0.2, -0.15) is 0 Å².